The van der Waals surface area contributed by atoms with E-state index in [9.17, 15) is 4.39 Å². The van der Waals surface area contributed by atoms with Gasteiger partial charge in [0.15, 0.2) is 0 Å². The highest BCUT2D eigenvalue weighted by Gasteiger charge is 2.25. The van der Waals surface area contributed by atoms with E-state index in [0.717, 1.165) is 25.8 Å². The highest BCUT2D eigenvalue weighted by Crippen LogP contribution is 2.35. The number of hydrogen-bond donors (Lipinski definition) is 1. The van der Waals surface area contributed by atoms with Crippen molar-refractivity contribution in [3.8, 4) is 5.75 Å². The quantitative estimate of drug-likeness (QED) is 0.799. The van der Waals surface area contributed by atoms with Crippen LogP contribution >= 0.6 is 0 Å². The second kappa shape index (κ2) is 7.01. The third-order valence-electron chi connectivity index (χ3n) is 4.32. The number of hydrogen-bond acceptors (Lipinski definition) is 3. The second-order valence-corrected chi connectivity index (χ2v) is 6.36. The van der Waals surface area contributed by atoms with Crippen LogP contribution in [0.1, 0.15) is 46.0 Å². The number of nitrogens with zero attached hydrogens (tertiary/aromatic N) is 1. The molecule has 3 nitrogen and oxygen atoms in total. The fourth-order valence-electron chi connectivity index (χ4n) is 3.07. The Morgan fingerprint density at radius 3 is 2.57 bits per heavy atom. The summed E-state index contributed by atoms with van der Waals surface area (Å²) in [6.45, 7) is 5.28. The van der Waals surface area contributed by atoms with E-state index in [4.69, 9.17) is 10.5 Å². The molecule has 21 heavy (non-hydrogen) atoms. The third-order valence-corrected chi connectivity index (χ3v) is 4.32. The Morgan fingerprint density at radius 2 is 2.00 bits per heavy atom. The van der Waals surface area contributed by atoms with Crippen molar-refractivity contribution in [3.05, 3.63) is 17.9 Å². The first-order valence-electron chi connectivity index (χ1n) is 7.92. The van der Waals surface area contributed by atoms with Crippen molar-refractivity contribution in [2.45, 2.75) is 52.0 Å². The summed E-state index contributed by atoms with van der Waals surface area (Å²) < 4.78 is 19.7. The zero-order chi connectivity index (χ0) is 15.4. The summed E-state index contributed by atoms with van der Waals surface area (Å²) in [5, 5.41) is 0. The van der Waals surface area contributed by atoms with Gasteiger partial charge in [0, 0.05) is 24.7 Å². The first-order valence-corrected chi connectivity index (χ1v) is 7.92. The number of halogens is 1. The third kappa shape index (κ3) is 3.80. The van der Waals surface area contributed by atoms with Crippen LogP contribution in [0.3, 0.4) is 0 Å². The van der Waals surface area contributed by atoms with E-state index in [2.05, 4.69) is 18.7 Å². The molecule has 1 saturated carbocycles. The molecule has 0 spiro atoms. The number of methoxy groups -OCH3 is 1. The van der Waals surface area contributed by atoms with Crippen LogP contribution in [0.25, 0.3) is 0 Å². The van der Waals surface area contributed by atoms with E-state index in [1.165, 1.54) is 18.9 Å². The van der Waals surface area contributed by atoms with Crippen molar-refractivity contribution < 1.29 is 9.13 Å². The molecule has 2 rings (SSSR count). The molecule has 1 aliphatic rings. The van der Waals surface area contributed by atoms with Gasteiger partial charge >= 0.3 is 0 Å². The van der Waals surface area contributed by atoms with Crippen LogP contribution in [-0.4, -0.2) is 19.7 Å². The van der Waals surface area contributed by atoms with E-state index in [1.54, 1.807) is 13.2 Å². The molecule has 0 amide bonds. The fourth-order valence-corrected chi connectivity index (χ4v) is 3.07. The van der Waals surface area contributed by atoms with Gasteiger partial charge in [0.1, 0.15) is 11.6 Å². The van der Waals surface area contributed by atoms with Crippen molar-refractivity contribution >= 4 is 11.4 Å². The Hall–Kier alpha value is -1.45. The summed E-state index contributed by atoms with van der Waals surface area (Å²) in [7, 11) is 1.57. The van der Waals surface area contributed by atoms with Crippen LogP contribution in [0.15, 0.2) is 12.1 Å². The number of benzene rings is 1. The Balaban J connectivity index is 2.30. The minimum absolute atomic E-state index is 0.246. The van der Waals surface area contributed by atoms with Gasteiger partial charge in [-0.05, 0) is 25.2 Å². The van der Waals surface area contributed by atoms with Crippen LogP contribution in [0, 0.1) is 11.7 Å². The molecule has 1 aromatic rings. The molecular weight excluding hydrogens is 267 g/mol. The predicted octanol–water partition coefficient (Wildman–Crippen LogP) is 4.21. The van der Waals surface area contributed by atoms with Crippen molar-refractivity contribution in [1.29, 1.82) is 0 Å². The Kier molecular flexibility index (Phi) is 5.32. The average molecular weight is 294 g/mol. The lowest BCUT2D eigenvalue weighted by Crippen LogP contribution is -2.35. The summed E-state index contributed by atoms with van der Waals surface area (Å²) in [6, 6.07) is 3.57. The molecule has 0 heterocycles. The summed E-state index contributed by atoms with van der Waals surface area (Å²) in [4.78, 5) is 2.23. The largest absolute Gasteiger partial charge is 0.495 e. The molecule has 0 bridgehead atoms. The van der Waals surface area contributed by atoms with Crippen molar-refractivity contribution in [3.63, 3.8) is 0 Å². The average Bonchev–Trinajstić information content (AvgIpc) is 2.94. The molecule has 0 radical (unpaired) electrons. The van der Waals surface area contributed by atoms with Crippen LogP contribution < -0.4 is 15.4 Å². The number of ether oxygens (including phenoxy) is 1. The minimum atomic E-state index is -0.246. The van der Waals surface area contributed by atoms with Crippen molar-refractivity contribution in [1.82, 2.24) is 0 Å². The lowest BCUT2D eigenvalue weighted by molar-refractivity contribution is 0.415. The second-order valence-electron chi connectivity index (χ2n) is 6.36. The van der Waals surface area contributed by atoms with Gasteiger partial charge in [0.25, 0.3) is 0 Å². The Bertz CT molecular complexity index is 470. The monoisotopic (exact) mass is 294 g/mol. The predicted molar refractivity (Wildman–Crippen MR) is 86.4 cm³/mol. The van der Waals surface area contributed by atoms with Crippen LogP contribution in [0.4, 0.5) is 15.8 Å². The van der Waals surface area contributed by atoms with E-state index < -0.39 is 0 Å². The van der Waals surface area contributed by atoms with E-state index in [0.29, 0.717) is 29.1 Å². The number of nitrogens with two attached hydrogens (primary N) is 1. The van der Waals surface area contributed by atoms with Gasteiger partial charge in [-0.1, -0.05) is 26.7 Å². The molecular formula is C17H27FN2O. The van der Waals surface area contributed by atoms with Gasteiger partial charge in [-0.2, -0.15) is 0 Å². The molecule has 4 heteroatoms. The molecule has 1 aliphatic carbocycles. The van der Waals surface area contributed by atoms with Gasteiger partial charge in [-0.15, -0.1) is 0 Å². The Morgan fingerprint density at radius 1 is 1.33 bits per heavy atom. The minimum Gasteiger partial charge on any atom is -0.495 e. The summed E-state index contributed by atoms with van der Waals surface area (Å²) in [5.74, 6) is 0.913. The SMILES string of the molecule is COc1cc(N(CCC(C)C)C2CCCC2)c(F)cc1N. The summed E-state index contributed by atoms with van der Waals surface area (Å²) >= 11 is 0. The molecule has 1 fully saturated rings. The zero-order valence-electron chi connectivity index (χ0n) is 13.4. The van der Waals surface area contributed by atoms with Gasteiger partial charge in [-0.25, -0.2) is 4.39 Å². The van der Waals surface area contributed by atoms with Gasteiger partial charge in [0.2, 0.25) is 0 Å². The highest BCUT2D eigenvalue weighted by molar-refractivity contribution is 5.63. The molecule has 118 valence electrons. The number of rotatable bonds is 6. The maximum atomic E-state index is 14.4. The standard InChI is InChI=1S/C17H27FN2O/c1-12(2)8-9-20(13-6-4-5-7-13)16-11-17(21-3)15(19)10-14(16)18/h10-13H,4-9,19H2,1-3H3. The highest BCUT2D eigenvalue weighted by atomic mass is 19.1. The van der Waals surface area contributed by atoms with E-state index in [1.807, 2.05) is 0 Å². The van der Waals surface area contributed by atoms with Gasteiger partial charge in [-0.3, -0.25) is 0 Å². The van der Waals surface area contributed by atoms with Gasteiger partial charge < -0.3 is 15.4 Å². The molecule has 0 saturated heterocycles. The van der Waals surface area contributed by atoms with Crippen LogP contribution in [0.5, 0.6) is 5.75 Å². The molecule has 0 aliphatic heterocycles. The lowest BCUT2D eigenvalue weighted by Gasteiger charge is -2.32. The Labute approximate surface area is 127 Å². The molecule has 0 atom stereocenters. The zero-order valence-corrected chi connectivity index (χ0v) is 13.4. The first-order chi connectivity index (χ1) is 10.0. The lowest BCUT2D eigenvalue weighted by atomic mass is 10.1. The summed E-state index contributed by atoms with van der Waals surface area (Å²) in [5.41, 5.74) is 6.78. The maximum absolute atomic E-state index is 14.4. The van der Waals surface area contributed by atoms with E-state index >= 15 is 0 Å². The maximum Gasteiger partial charge on any atom is 0.148 e. The summed E-state index contributed by atoms with van der Waals surface area (Å²) in [6.07, 6.45) is 5.81. The smallest absolute Gasteiger partial charge is 0.148 e. The van der Waals surface area contributed by atoms with Gasteiger partial charge in [0.05, 0.1) is 18.5 Å². The first kappa shape index (κ1) is 15.9. The van der Waals surface area contributed by atoms with Crippen molar-refractivity contribution in [2.75, 3.05) is 24.3 Å². The number of anilines is 2. The van der Waals surface area contributed by atoms with Crippen molar-refractivity contribution in [2.24, 2.45) is 5.92 Å². The van der Waals surface area contributed by atoms with E-state index in [-0.39, 0.29) is 5.82 Å². The molecule has 2 N–H and O–H groups in total. The number of nitrogen functional groups attached to an aromatic ring is 1. The fraction of sp³-hybridized carbons (Fsp3) is 0.647. The molecule has 0 unspecified atom stereocenters. The molecule has 0 aromatic heterocycles. The molecule has 1 aromatic carbocycles. The van der Waals surface area contributed by atoms with Crippen LogP contribution in [-0.2, 0) is 0 Å². The van der Waals surface area contributed by atoms with Crippen LogP contribution in [0.2, 0.25) is 0 Å². The topological polar surface area (TPSA) is 38.5 Å². The normalized spacial score (nSPS) is 15.7.